The lowest BCUT2D eigenvalue weighted by molar-refractivity contribution is -0.135. The largest absolute Gasteiger partial charge is 0.372 e. The molecule has 1 aromatic carbocycles. The highest BCUT2D eigenvalue weighted by molar-refractivity contribution is 5.77. The average Bonchev–Trinajstić information content (AvgIpc) is 2.56. The second-order valence-electron chi connectivity index (χ2n) is 5.91. The van der Waals surface area contributed by atoms with Gasteiger partial charge in [0.15, 0.2) is 0 Å². The molecule has 3 rings (SSSR count). The van der Waals surface area contributed by atoms with Crippen LogP contribution < -0.4 is 10.6 Å². The molecule has 0 aliphatic carbocycles. The standard InChI is InChI=1S/C18H22FN3O/c19-15-6-3-5-14(13-15)10-11-20-16-7-4-8-17(21-16)22-12-2-1-9-18(22)23/h3-8,13,17,20-21H,1-2,9-12H2. The summed E-state index contributed by atoms with van der Waals surface area (Å²) in [5, 5.41) is 6.66. The second-order valence-corrected chi connectivity index (χ2v) is 5.91. The number of nitrogens with zero attached hydrogens (tertiary/aromatic N) is 1. The topological polar surface area (TPSA) is 44.4 Å². The molecule has 2 aliphatic rings. The number of carbonyl (C=O) groups is 1. The number of likely N-dealkylation sites (tertiary alicyclic amines) is 1. The van der Waals surface area contributed by atoms with Crippen molar-refractivity contribution in [1.82, 2.24) is 15.5 Å². The number of hydrogen-bond acceptors (Lipinski definition) is 3. The first kappa shape index (κ1) is 15.6. The molecule has 0 saturated carbocycles. The molecule has 1 amide bonds. The number of carbonyl (C=O) groups excluding carboxylic acids is 1. The first-order valence-corrected chi connectivity index (χ1v) is 8.15. The van der Waals surface area contributed by atoms with Crippen molar-refractivity contribution in [2.45, 2.75) is 31.8 Å². The van der Waals surface area contributed by atoms with Gasteiger partial charge in [0.1, 0.15) is 17.8 Å². The molecule has 122 valence electrons. The summed E-state index contributed by atoms with van der Waals surface area (Å²) in [5.41, 5.74) is 0.965. The van der Waals surface area contributed by atoms with Gasteiger partial charge in [0, 0.05) is 19.5 Å². The number of benzene rings is 1. The summed E-state index contributed by atoms with van der Waals surface area (Å²) < 4.78 is 13.2. The fourth-order valence-corrected chi connectivity index (χ4v) is 2.96. The van der Waals surface area contributed by atoms with Crippen molar-refractivity contribution < 1.29 is 9.18 Å². The molecule has 0 spiro atoms. The van der Waals surface area contributed by atoms with Crippen LogP contribution in [0, 0.1) is 5.82 Å². The first-order chi connectivity index (χ1) is 11.2. The third-order valence-corrected chi connectivity index (χ3v) is 4.17. The van der Waals surface area contributed by atoms with E-state index in [0.29, 0.717) is 13.0 Å². The lowest BCUT2D eigenvalue weighted by Crippen LogP contribution is -2.51. The van der Waals surface area contributed by atoms with Gasteiger partial charge in [-0.3, -0.25) is 4.79 Å². The molecule has 0 radical (unpaired) electrons. The van der Waals surface area contributed by atoms with Crippen LogP contribution in [0.25, 0.3) is 0 Å². The maximum Gasteiger partial charge on any atom is 0.224 e. The number of allylic oxidation sites excluding steroid dienone is 2. The summed E-state index contributed by atoms with van der Waals surface area (Å²) in [6.45, 7) is 1.51. The van der Waals surface area contributed by atoms with Crippen LogP contribution in [0.15, 0.2) is 48.3 Å². The molecule has 2 heterocycles. The third kappa shape index (κ3) is 4.12. The van der Waals surface area contributed by atoms with Gasteiger partial charge in [0.05, 0.1) is 0 Å². The van der Waals surface area contributed by atoms with Crippen LogP contribution in [0.2, 0.25) is 0 Å². The number of amides is 1. The fraction of sp³-hybridized carbons (Fsp3) is 0.389. The zero-order valence-electron chi connectivity index (χ0n) is 13.1. The van der Waals surface area contributed by atoms with Crippen LogP contribution in [-0.4, -0.2) is 30.1 Å². The van der Waals surface area contributed by atoms with Crippen molar-refractivity contribution in [2.75, 3.05) is 13.1 Å². The number of piperidine rings is 1. The van der Waals surface area contributed by atoms with Crippen LogP contribution in [0.1, 0.15) is 24.8 Å². The molecule has 2 aliphatic heterocycles. The molecule has 1 unspecified atom stereocenters. The molecule has 2 N–H and O–H groups in total. The van der Waals surface area contributed by atoms with E-state index in [0.717, 1.165) is 37.2 Å². The van der Waals surface area contributed by atoms with Gasteiger partial charge in [-0.15, -0.1) is 0 Å². The lowest BCUT2D eigenvalue weighted by atomic mass is 10.1. The number of halogens is 1. The maximum absolute atomic E-state index is 13.2. The molecular weight excluding hydrogens is 293 g/mol. The smallest absolute Gasteiger partial charge is 0.224 e. The van der Waals surface area contributed by atoms with Gasteiger partial charge in [-0.25, -0.2) is 4.39 Å². The minimum absolute atomic E-state index is 0.0792. The molecule has 1 saturated heterocycles. The molecule has 4 nitrogen and oxygen atoms in total. The van der Waals surface area contributed by atoms with E-state index in [1.807, 2.05) is 29.2 Å². The van der Waals surface area contributed by atoms with Gasteiger partial charge in [-0.2, -0.15) is 0 Å². The Balaban J connectivity index is 1.50. The summed E-state index contributed by atoms with van der Waals surface area (Å²) in [6.07, 6.45) is 9.27. The zero-order valence-corrected chi connectivity index (χ0v) is 13.1. The summed E-state index contributed by atoms with van der Waals surface area (Å²) in [5.74, 6) is 0.899. The SMILES string of the molecule is O=C1CCCCN1C1C=CC=C(NCCc2cccc(F)c2)N1. The average molecular weight is 315 g/mol. The van der Waals surface area contributed by atoms with E-state index < -0.39 is 0 Å². The molecular formula is C18H22FN3O. The third-order valence-electron chi connectivity index (χ3n) is 4.17. The minimum atomic E-state index is -0.205. The summed E-state index contributed by atoms with van der Waals surface area (Å²) in [6, 6.07) is 6.65. The molecule has 0 aromatic heterocycles. The number of dihydropyridines is 1. The van der Waals surface area contributed by atoms with Crippen LogP contribution in [0.5, 0.6) is 0 Å². The van der Waals surface area contributed by atoms with E-state index in [1.54, 1.807) is 12.1 Å². The Bertz CT molecular complexity index is 626. The summed E-state index contributed by atoms with van der Waals surface area (Å²) in [7, 11) is 0. The van der Waals surface area contributed by atoms with Crippen molar-refractivity contribution in [3.8, 4) is 0 Å². The Morgan fingerprint density at radius 2 is 2.26 bits per heavy atom. The molecule has 1 fully saturated rings. The van der Waals surface area contributed by atoms with E-state index >= 15 is 0 Å². The van der Waals surface area contributed by atoms with Crippen LogP contribution in [-0.2, 0) is 11.2 Å². The Morgan fingerprint density at radius 3 is 3.09 bits per heavy atom. The van der Waals surface area contributed by atoms with E-state index in [-0.39, 0.29) is 17.9 Å². The Labute approximate surface area is 136 Å². The number of hydrogen-bond donors (Lipinski definition) is 2. The highest BCUT2D eigenvalue weighted by Crippen LogP contribution is 2.15. The minimum Gasteiger partial charge on any atom is -0.372 e. The van der Waals surface area contributed by atoms with E-state index in [2.05, 4.69) is 10.6 Å². The lowest BCUT2D eigenvalue weighted by Gasteiger charge is -2.35. The van der Waals surface area contributed by atoms with Gasteiger partial charge in [0.25, 0.3) is 0 Å². The normalized spacial score (nSPS) is 20.9. The fourth-order valence-electron chi connectivity index (χ4n) is 2.96. The maximum atomic E-state index is 13.2. The number of rotatable bonds is 5. The van der Waals surface area contributed by atoms with E-state index in [4.69, 9.17) is 0 Å². The van der Waals surface area contributed by atoms with Crippen LogP contribution in [0.3, 0.4) is 0 Å². The number of nitrogens with one attached hydrogen (secondary N) is 2. The highest BCUT2D eigenvalue weighted by atomic mass is 19.1. The quantitative estimate of drug-likeness (QED) is 0.876. The summed E-state index contributed by atoms with van der Waals surface area (Å²) in [4.78, 5) is 13.9. The van der Waals surface area contributed by atoms with Gasteiger partial charge >= 0.3 is 0 Å². The predicted molar refractivity (Wildman–Crippen MR) is 87.8 cm³/mol. The zero-order chi connectivity index (χ0) is 16.1. The second kappa shape index (κ2) is 7.31. The van der Waals surface area contributed by atoms with Crippen LogP contribution >= 0.6 is 0 Å². The Kier molecular flexibility index (Phi) is 4.95. The Hall–Kier alpha value is -2.30. The molecule has 5 heteroatoms. The van der Waals surface area contributed by atoms with E-state index in [1.165, 1.54) is 6.07 Å². The van der Waals surface area contributed by atoms with E-state index in [9.17, 15) is 9.18 Å². The van der Waals surface area contributed by atoms with Crippen molar-refractivity contribution in [3.05, 3.63) is 59.7 Å². The van der Waals surface area contributed by atoms with Crippen molar-refractivity contribution in [1.29, 1.82) is 0 Å². The van der Waals surface area contributed by atoms with Crippen molar-refractivity contribution >= 4 is 5.91 Å². The van der Waals surface area contributed by atoms with Gasteiger partial charge < -0.3 is 15.5 Å². The van der Waals surface area contributed by atoms with Gasteiger partial charge in [-0.05, 0) is 49.1 Å². The molecule has 0 bridgehead atoms. The highest BCUT2D eigenvalue weighted by Gasteiger charge is 2.25. The predicted octanol–water partition coefficient (Wildman–Crippen LogP) is 2.30. The van der Waals surface area contributed by atoms with Crippen molar-refractivity contribution in [2.24, 2.45) is 0 Å². The monoisotopic (exact) mass is 315 g/mol. The van der Waals surface area contributed by atoms with Crippen LogP contribution in [0.4, 0.5) is 4.39 Å². The molecule has 1 atom stereocenters. The Morgan fingerprint density at radius 1 is 1.35 bits per heavy atom. The molecule has 23 heavy (non-hydrogen) atoms. The van der Waals surface area contributed by atoms with Gasteiger partial charge in [0.2, 0.25) is 5.91 Å². The van der Waals surface area contributed by atoms with Gasteiger partial charge in [-0.1, -0.05) is 18.2 Å². The summed E-state index contributed by atoms with van der Waals surface area (Å²) >= 11 is 0. The first-order valence-electron chi connectivity index (χ1n) is 8.15. The van der Waals surface area contributed by atoms with Crippen molar-refractivity contribution in [3.63, 3.8) is 0 Å². The molecule has 1 aromatic rings.